The zero-order chi connectivity index (χ0) is 14.0. The molecule has 0 saturated heterocycles. The van der Waals surface area contributed by atoms with Crippen LogP contribution in [0.3, 0.4) is 0 Å². The van der Waals surface area contributed by atoms with Crippen molar-refractivity contribution in [3.8, 4) is 0 Å². The van der Waals surface area contributed by atoms with Gasteiger partial charge in [0.05, 0.1) is 10.4 Å². The molecular weight excluding hydrogens is 286 g/mol. The molecule has 0 amide bonds. The second-order valence-corrected chi connectivity index (χ2v) is 7.25. The van der Waals surface area contributed by atoms with Gasteiger partial charge in [0.2, 0.25) is 0 Å². The molecule has 1 aliphatic carbocycles. The van der Waals surface area contributed by atoms with Crippen molar-refractivity contribution in [2.75, 3.05) is 6.54 Å². The van der Waals surface area contributed by atoms with E-state index in [1.54, 1.807) is 11.3 Å². The first kappa shape index (κ1) is 14.1. The maximum Gasteiger partial charge on any atom is 0.0931 e. The van der Waals surface area contributed by atoms with Crippen molar-refractivity contribution in [3.63, 3.8) is 0 Å². The van der Waals surface area contributed by atoms with E-state index in [0.29, 0.717) is 6.04 Å². The molecule has 1 N–H and O–H groups in total. The first-order valence-electron chi connectivity index (χ1n) is 7.30. The van der Waals surface area contributed by atoms with Crippen LogP contribution >= 0.6 is 22.9 Å². The predicted molar refractivity (Wildman–Crippen MR) is 87.7 cm³/mol. The van der Waals surface area contributed by atoms with Crippen molar-refractivity contribution in [2.24, 2.45) is 0 Å². The van der Waals surface area contributed by atoms with Gasteiger partial charge >= 0.3 is 0 Å². The molecule has 106 valence electrons. The van der Waals surface area contributed by atoms with E-state index in [0.717, 1.165) is 10.9 Å². The average molecular weight is 306 g/mol. The van der Waals surface area contributed by atoms with Gasteiger partial charge in [0, 0.05) is 10.3 Å². The summed E-state index contributed by atoms with van der Waals surface area (Å²) in [5.74, 6) is 0. The van der Waals surface area contributed by atoms with Crippen LogP contribution in [0.5, 0.6) is 0 Å². The summed E-state index contributed by atoms with van der Waals surface area (Å²) in [6.07, 6.45) is 3.82. The molecule has 1 fully saturated rings. The van der Waals surface area contributed by atoms with Crippen LogP contribution in [0, 0.1) is 0 Å². The molecule has 1 heterocycles. The normalized spacial score (nSPS) is 18.5. The van der Waals surface area contributed by atoms with E-state index >= 15 is 0 Å². The molecule has 0 bridgehead atoms. The lowest BCUT2D eigenvalue weighted by Gasteiger charge is -2.48. The highest BCUT2D eigenvalue weighted by atomic mass is 35.5. The molecule has 3 heteroatoms. The highest BCUT2D eigenvalue weighted by Crippen LogP contribution is 2.53. The fraction of sp³-hybridized carbons (Fsp3) is 0.412. The number of thiophene rings is 1. The first-order valence-corrected chi connectivity index (χ1v) is 8.50. The predicted octanol–water partition coefficient (Wildman–Crippen LogP) is 5.17. The molecule has 1 saturated carbocycles. The Kier molecular flexibility index (Phi) is 4.16. The number of rotatable bonds is 5. The SMILES string of the molecule is CCNC(c1ccc(Cl)s1)C1(c2ccccc2)CCC1. The summed E-state index contributed by atoms with van der Waals surface area (Å²) in [5.41, 5.74) is 1.70. The third-order valence-corrected chi connectivity index (χ3v) is 5.73. The average Bonchev–Trinajstić information content (AvgIpc) is 2.84. The highest BCUT2D eigenvalue weighted by molar-refractivity contribution is 7.16. The van der Waals surface area contributed by atoms with E-state index in [1.807, 2.05) is 6.07 Å². The number of hydrogen-bond acceptors (Lipinski definition) is 2. The Morgan fingerprint density at radius 3 is 2.45 bits per heavy atom. The van der Waals surface area contributed by atoms with Gasteiger partial charge in [0.1, 0.15) is 0 Å². The minimum atomic E-state index is 0.242. The zero-order valence-electron chi connectivity index (χ0n) is 11.7. The second-order valence-electron chi connectivity index (χ2n) is 5.51. The van der Waals surface area contributed by atoms with Crippen LogP contribution in [0.4, 0.5) is 0 Å². The molecular formula is C17H20ClNS. The Labute approximate surface area is 130 Å². The summed E-state index contributed by atoms with van der Waals surface area (Å²) in [6, 6.07) is 15.5. The minimum absolute atomic E-state index is 0.242. The summed E-state index contributed by atoms with van der Waals surface area (Å²) in [4.78, 5) is 1.36. The Morgan fingerprint density at radius 2 is 1.95 bits per heavy atom. The lowest BCUT2D eigenvalue weighted by Crippen LogP contribution is -2.46. The zero-order valence-corrected chi connectivity index (χ0v) is 13.3. The molecule has 0 radical (unpaired) electrons. The van der Waals surface area contributed by atoms with Crippen molar-refractivity contribution >= 4 is 22.9 Å². The maximum atomic E-state index is 6.15. The quantitative estimate of drug-likeness (QED) is 0.803. The third kappa shape index (κ3) is 2.41. The number of hydrogen-bond donors (Lipinski definition) is 1. The molecule has 1 unspecified atom stereocenters. The molecule has 2 aromatic rings. The van der Waals surface area contributed by atoms with Crippen LogP contribution in [0.15, 0.2) is 42.5 Å². The molecule has 1 aliphatic rings. The number of nitrogens with one attached hydrogen (secondary N) is 1. The number of benzene rings is 1. The van der Waals surface area contributed by atoms with E-state index in [-0.39, 0.29) is 5.41 Å². The van der Waals surface area contributed by atoms with Gasteiger partial charge in [-0.25, -0.2) is 0 Å². The Bertz CT molecular complexity index is 559. The minimum Gasteiger partial charge on any atom is -0.309 e. The van der Waals surface area contributed by atoms with Gasteiger partial charge in [-0.1, -0.05) is 55.3 Å². The molecule has 1 atom stereocenters. The van der Waals surface area contributed by atoms with Crippen molar-refractivity contribution in [1.29, 1.82) is 0 Å². The summed E-state index contributed by atoms with van der Waals surface area (Å²) < 4.78 is 0.880. The number of halogens is 1. The van der Waals surface area contributed by atoms with Crippen molar-refractivity contribution in [3.05, 3.63) is 57.2 Å². The maximum absolute atomic E-state index is 6.15. The van der Waals surface area contributed by atoms with Gasteiger partial charge in [-0.2, -0.15) is 0 Å². The van der Waals surface area contributed by atoms with Crippen molar-refractivity contribution < 1.29 is 0 Å². The second kappa shape index (κ2) is 5.88. The molecule has 1 nitrogen and oxygen atoms in total. The molecule has 0 aliphatic heterocycles. The topological polar surface area (TPSA) is 12.0 Å². The summed E-state index contributed by atoms with van der Waals surface area (Å²) in [6.45, 7) is 3.16. The fourth-order valence-electron chi connectivity index (χ4n) is 3.33. The van der Waals surface area contributed by atoms with E-state index in [9.17, 15) is 0 Å². The van der Waals surface area contributed by atoms with Gasteiger partial charge in [-0.05, 0) is 37.1 Å². The molecule has 1 aromatic heterocycles. The molecule has 20 heavy (non-hydrogen) atoms. The van der Waals surface area contributed by atoms with Crippen LogP contribution in [0.1, 0.15) is 42.7 Å². The van der Waals surface area contributed by atoms with Crippen LogP contribution in [-0.2, 0) is 5.41 Å². The molecule has 1 aromatic carbocycles. The largest absolute Gasteiger partial charge is 0.309 e. The van der Waals surface area contributed by atoms with Crippen molar-refractivity contribution in [2.45, 2.75) is 37.6 Å². The Hall–Kier alpha value is -0.830. The smallest absolute Gasteiger partial charge is 0.0931 e. The van der Waals surface area contributed by atoms with E-state index in [1.165, 1.54) is 29.7 Å². The third-order valence-electron chi connectivity index (χ3n) is 4.43. The van der Waals surface area contributed by atoms with E-state index < -0.39 is 0 Å². The lowest BCUT2D eigenvalue weighted by atomic mass is 9.59. The van der Waals surface area contributed by atoms with Crippen molar-refractivity contribution in [1.82, 2.24) is 5.32 Å². The summed E-state index contributed by atoms with van der Waals surface area (Å²) in [7, 11) is 0. The molecule has 0 spiro atoms. The summed E-state index contributed by atoms with van der Waals surface area (Å²) >= 11 is 7.86. The summed E-state index contributed by atoms with van der Waals surface area (Å²) in [5, 5.41) is 3.71. The van der Waals surface area contributed by atoms with Crippen LogP contribution in [0.25, 0.3) is 0 Å². The van der Waals surface area contributed by atoms with Gasteiger partial charge in [0.15, 0.2) is 0 Å². The van der Waals surface area contributed by atoms with Crippen LogP contribution in [-0.4, -0.2) is 6.54 Å². The Morgan fingerprint density at radius 1 is 1.20 bits per heavy atom. The standard InChI is InChI=1S/C17H20ClNS/c1-2-19-16(14-9-10-15(18)20-14)17(11-6-12-17)13-7-4-3-5-8-13/h3-5,7-10,16,19H,2,6,11-12H2,1H3. The van der Waals surface area contributed by atoms with Gasteiger partial charge < -0.3 is 5.32 Å². The van der Waals surface area contributed by atoms with E-state index in [2.05, 4.69) is 48.6 Å². The fourth-order valence-corrected chi connectivity index (χ4v) is 4.58. The Balaban J connectivity index is 2.00. The van der Waals surface area contributed by atoms with Gasteiger partial charge in [-0.15, -0.1) is 11.3 Å². The monoisotopic (exact) mass is 305 g/mol. The number of likely N-dealkylation sites (N-methyl/N-ethyl adjacent to an activating group) is 1. The van der Waals surface area contributed by atoms with Gasteiger partial charge in [-0.3, -0.25) is 0 Å². The van der Waals surface area contributed by atoms with Crippen LogP contribution < -0.4 is 5.32 Å². The first-order chi connectivity index (χ1) is 9.76. The lowest BCUT2D eigenvalue weighted by molar-refractivity contribution is 0.173. The van der Waals surface area contributed by atoms with E-state index in [4.69, 9.17) is 11.6 Å². The van der Waals surface area contributed by atoms with Gasteiger partial charge in [0.25, 0.3) is 0 Å². The highest BCUT2D eigenvalue weighted by Gasteiger charge is 2.46. The van der Waals surface area contributed by atoms with Crippen LogP contribution in [0.2, 0.25) is 4.34 Å². The molecule has 3 rings (SSSR count).